The number of aliphatic hydroxyl groups is 1. The van der Waals surface area contributed by atoms with E-state index in [4.69, 9.17) is 4.74 Å². The standard InChI is InChI=1S/C20H28O3/c1-12-7-6-9-20(5)18(23-20)17(22)15-11-16(21)14(3)19(4,10-8-12)13(15)2/h7,11,14,16,18,21H,2,6,8-10H2,1,3-5H3/b12-7-/t14-,16+,18-,19-,20+/m1/s1. The summed E-state index contributed by atoms with van der Waals surface area (Å²) in [4.78, 5) is 12.9. The van der Waals surface area contributed by atoms with Crippen molar-refractivity contribution in [2.24, 2.45) is 11.3 Å². The van der Waals surface area contributed by atoms with Gasteiger partial charge in [0.15, 0.2) is 5.78 Å². The van der Waals surface area contributed by atoms with Gasteiger partial charge in [0.2, 0.25) is 0 Å². The average molecular weight is 316 g/mol. The molecule has 3 heteroatoms. The van der Waals surface area contributed by atoms with Crippen LogP contribution in [0, 0.1) is 11.3 Å². The summed E-state index contributed by atoms with van der Waals surface area (Å²) in [5, 5.41) is 10.5. The molecule has 0 aromatic rings. The normalized spacial score (nSPS) is 46.7. The topological polar surface area (TPSA) is 49.8 Å². The van der Waals surface area contributed by atoms with Gasteiger partial charge in [-0.1, -0.05) is 32.1 Å². The van der Waals surface area contributed by atoms with Crippen molar-refractivity contribution in [3.8, 4) is 0 Å². The Hall–Kier alpha value is -1.19. The van der Waals surface area contributed by atoms with Gasteiger partial charge in [0.25, 0.3) is 0 Å². The van der Waals surface area contributed by atoms with Crippen molar-refractivity contribution >= 4 is 5.78 Å². The first-order valence-corrected chi connectivity index (χ1v) is 8.66. The maximum atomic E-state index is 12.9. The number of rotatable bonds is 0. The van der Waals surface area contributed by atoms with Crippen LogP contribution < -0.4 is 0 Å². The highest BCUT2D eigenvalue weighted by atomic mass is 16.6. The summed E-state index contributed by atoms with van der Waals surface area (Å²) in [6.07, 6.45) is 6.65. The van der Waals surface area contributed by atoms with E-state index in [1.807, 2.05) is 6.92 Å². The molecule has 3 aliphatic rings. The van der Waals surface area contributed by atoms with Crippen LogP contribution in [0.5, 0.6) is 0 Å². The van der Waals surface area contributed by atoms with Crippen LogP contribution in [0.2, 0.25) is 0 Å². The minimum atomic E-state index is -0.610. The number of fused-ring (bicyclic) bond motifs is 3. The number of hydrogen-bond donors (Lipinski definition) is 1. The van der Waals surface area contributed by atoms with Gasteiger partial charge in [-0.15, -0.1) is 0 Å². The third-order valence-corrected chi connectivity index (χ3v) is 6.43. The summed E-state index contributed by atoms with van der Waals surface area (Å²) in [6, 6.07) is 0. The van der Waals surface area contributed by atoms with Crippen molar-refractivity contribution < 1.29 is 14.6 Å². The van der Waals surface area contributed by atoms with Crippen LogP contribution in [0.3, 0.4) is 0 Å². The van der Waals surface area contributed by atoms with E-state index in [1.54, 1.807) is 6.08 Å². The number of aliphatic hydroxyl groups excluding tert-OH is 1. The Balaban J connectivity index is 2.03. The Morgan fingerprint density at radius 2 is 2.04 bits per heavy atom. The van der Waals surface area contributed by atoms with Crippen LogP contribution in [-0.4, -0.2) is 28.7 Å². The molecule has 0 aromatic carbocycles. The van der Waals surface area contributed by atoms with Crippen LogP contribution in [0.15, 0.2) is 35.5 Å². The maximum Gasteiger partial charge on any atom is 0.194 e. The maximum absolute atomic E-state index is 12.9. The van der Waals surface area contributed by atoms with Crippen LogP contribution in [0.1, 0.15) is 53.4 Å². The van der Waals surface area contributed by atoms with E-state index >= 15 is 0 Å². The lowest BCUT2D eigenvalue weighted by Gasteiger charge is -2.44. The van der Waals surface area contributed by atoms with E-state index in [0.29, 0.717) is 5.57 Å². The second-order valence-electron chi connectivity index (χ2n) is 8.02. The lowest BCUT2D eigenvalue weighted by atomic mass is 9.61. The van der Waals surface area contributed by atoms with Crippen molar-refractivity contribution in [1.29, 1.82) is 0 Å². The summed E-state index contributed by atoms with van der Waals surface area (Å²) in [6.45, 7) is 12.6. The van der Waals surface area contributed by atoms with Crippen molar-refractivity contribution in [3.05, 3.63) is 35.5 Å². The molecule has 0 spiro atoms. The minimum absolute atomic E-state index is 0.00375. The van der Waals surface area contributed by atoms with Gasteiger partial charge in [0, 0.05) is 5.57 Å². The Labute approximate surface area is 139 Å². The van der Waals surface area contributed by atoms with E-state index in [0.717, 1.165) is 31.3 Å². The van der Waals surface area contributed by atoms with E-state index in [9.17, 15) is 9.90 Å². The molecule has 1 fully saturated rings. The number of epoxide rings is 1. The third kappa shape index (κ3) is 2.64. The Morgan fingerprint density at radius 1 is 1.35 bits per heavy atom. The number of allylic oxidation sites excluding steroid dienone is 3. The number of ether oxygens (including phenoxy) is 1. The van der Waals surface area contributed by atoms with Crippen molar-refractivity contribution in [3.63, 3.8) is 0 Å². The first-order valence-electron chi connectivity index (χ1n) is 8.66. The molecule has 1 aliphatic heterocycles. The number of hydrogen-bond acceptors (Lipinski definition) is 3. The highest BCUT2D eigenvalue weighted by Crippen LogP contribution is 2.51. The lowest BCUT2D eigenvalue weighted by molar-refractivity contribution is -0.117. The van der Waals surface area contributed by atoms with Crippen molar-refractivity contribution in [2.75, 3.05) is 0 Å². The average Bonchev–Trinajstić information content (AvgIpc) is 3.17. The van der Waals surface area contributed by atoms with E-state index < -0.39 is 6.10 Å². The summed E-state index contributed by atoms with van der Waals surface area (Å²) in [5.41, 5.74) is 2.20. The van der Waals surface area contributed by atoms with E-state index in [2.05, 4.69) is 33.4 Å². The van der Waals surface area contributed by atoms with Gasteiger partial charge in [0.1, 0.15) is 11.7 Å². The molecule has 2 aliphatic carbocycles. The Morgan fingerprint density at radius 3 is 2.74 bits per heavy atom. The quantitative estimate of drug-likeness (QED) is 0.547. The summed E-state index contributed by atoms with van der Waals surface area (Å²) in [5.74, 6) is 0.0461. The monoisotopic (exact) mass is 316 g/mol. The fraction of sp³-hybridized carbons (Fsp3) is 0.650. The number of carbonyl (C=O) groups is 1. The molecule has 0 unspecified atom stereocenters. The molecule has 3 rings (SSSR count). The molecule has 0 saturated carbocycles. The first-order chi connectivity index (χ1) is 10.7. The number of ketones is 1. The van der Waals surface area contributed by atoms with Gasteiger partial charge in [0.05, 0.1) is 6.10 Å². The largest absolute Gasteiger partial charge is 0.389 e. The molecule has 0 radical (unpaired) electrons. The fourth-order valence-electron chi connectivity index (χ4n) is 4.05. The summed E-state index contributed by atoms with van der Waals surface area (Å²) >= 11 is 0. The second kappa shape index (κ2) is 5.42. The second-order valence-corrected chi connectivity index (χ2v) is 8.02. The zero-order chi connectivity index (χ0) is 17.0. The van der Waals surface area contributed by atoms with Gasteiger partial charge < -0.3 is 9.84 Å². The molecule has 5 atom stereocenters. The predicted molar refractivity (Wildman–Crippen MR) is 91.0 cm³/mol. The molecule has 1 heterocycles. The Bertz CT molecular complexity index is 614. The molecule has 1 saturated heterocycles. The number of Topliss-reactive ketones (excluding diaryl/α,β-unsaturated/α-hetero) is 1. The molecule has 1 N–H and O–H groups in total. The molecule has 3 nitrogen and oxygen atoms in total. The van der Waals surface area contributed by atoms with Crippen LogP contribution in [0.4, 0.5) is 0 Å². The van der Waals surface area contributed by atoms with Gasteiger partial charge in [-0.05, 0) is 62.5 Å². The molecule has 2 bridgehead atoms. The smallest absolute Gasteiger partial charge is 0.194 e. The first kappa shape index (κ1) is 16.7. The molecular formula is C20H28O3. The summed E-state index contributed by atoms with van der Waals surface area (Å²) < 4.78 is 5.76. The Kier molecular flexibility index (Phi) is 3.93. The molecular weight excluding hydrogens is 288 g/mol. The summed E-state index contributed by atoms with van der Waals surface area (Å²) in [7, 11) is 0. The molecule has 23 heavy (non-hydrogen) atoms. The highest BCUT2D eigenvalue weighted by Gasteiger charge is 2.58. The third-order valence-electron chi connectivity index (χ3n) is 6.43. The predicted octanol–water partition coefficient (Wildman–Crippen LogP) is 3.73. The number of carbonyl (C=O) groups excluding carboxylic acids is 1. The highest BCUT2D eigenvalue weighted by molar-refractivity contribution is 6.05. The van der Waals surface area contributed by atoms with E-state index in [1.165, 1.54) is 5.57 Å². The SMILES string of the molecule is C=C1C2=C[C@H](O)[C@@H](C)[C@]1(C)CC/C(C)=C\CC[C@]1(C)O[C@@H]1C2=O. The molecule has 0 amide bonds. The minimum Gasteiger partial charge on any atom is -0.389 e. The van der Waals surface area contributed by atoms with Gasteiger partial charge in [-0.2, -0.15) is 0 Å². The van der Waals surface area contributed by atoms with Crippen LogP contribution in [-0.2, 0) is 9.53 Å². The van der Waals surface area contributed by atoms with E-state index in [-0.39, 0.29) is 28.8 Å². The fourth-order valence-corrected chi connectivity index (χ4v) is 4.05. The zero-order valence-electron chi connectivity index (χ0n) is 14.7. The van der Waals surface area contributed by atoms with Crippen LogP contribution in [0.25, 0.3) is 0 Å². The van der Waals surface area contributed by atoms with Gasteiger partial charge in [-0.25, -0.2) is 0 Å². The zero-order valence-corrected chi connectivity index (χ0v) is 14.7. The van der Waals surface area contributed by atoms with Gasteiger partial charge >= 0.3 is 0 Å². The van der Waals surface area contributed by atoms with Gasteiger partial charge in [-0.3, -0.25) is 4.79 Å². The van der Waals surface area contributed by atoms with Crippen molar-refractivity contribution in [1.82, 2.24) is 0 Å². The molecule has 126 valence electrons. The van der Waals surface area contributed by atoms with Crippen molar-refractivity contribution in [2.45, 2.75) is 71.2 Å². The molecule has 0 aromatic heterocycles. The van der Waals surface area contributed by atoms with Crippen LogP contribution >= 0.6 is 0 Å². The lowest BCUT2D eigenvalue weighted by Crippen LogP contribution is -2.41.